The quantitative estimate of drug-likeness (QED) is 0.493. The number of anilines is 1. The Bertz CT molecular complexity index is 1110. The van der Waals surface area contributed by atoms with E-state index in [0.29, 0.717) is 17.1 Å². The van der Waals surface area contributed by atoms with Gasteiger partial charge < -0.3 is 14.8 Å². The Morgan fingerprint density at radius 2 is 1.90 bits per heavy atom. The molecule has 5 heteroatoms. The van der Waals surface area contributed by atoms with Gasteiger partial charge in [-0.15, -0.1) is 0 Å². The molecule has 0 spiro atoms. The molecule has 2 heterocycles. The smallest absolute Gasteiger partial charge is 0.230 e. The second kappa shape index (κ2) is 8.46. The summed E-state index contributed by atoms with van der Waals surface area (Å²) in [7, 11) is 0. The van der Waals surface area contributed by atoms with Crippen molar-refractivity contribution < 1.29 is 9.47 Å². The maximum absolute atomic E-state index is 9.29. The van der Waals surface area contributed by atoms with E-state index in [4.69, 9.17) is 9.47 Å². The number of hydrogen-bond acceptors (Lipinski definition) is 5. The Balaban J connectivity index is 2.17. The molecule has 0 amide bonds. The van der Waals surface area contributed by atoms with E-state index >= 15 is 0 Å². The van der Waals surface area contributed by atoms with Crippen LogP contribution in [0.1, 0.15) is 53.3 Å². The Kier molecular flexibility index (Phi) is 5.98. The lowest BCUT2D eigenvalue weighted by Gasteiger charge is -2.34. The first kappa shape index (κ1) is 21.2. The average Bonchev–Trinajstić information content (AvgIpc) is 2.69. The number of allylic oxidation sites excluding steroid dienone is 3. The van der Waals surface area contributed by atoms with Gasteiger partial charge >= 0.3 is 0 Å². The minimum absolute atomic E-state index is 0.0436. The van der Waals surface area contributed by atoms with Crippen molar-refractivity contribution in [2.45, 2.75) is 40.5 Å². The highest BCUT2D eigenvalue weighted by atomic mass is 16.7. The van der Waals surface area contributed by atoms with Gasteiger partial charge in [0.15, 0.2) is 0 Å². The number of aryl methyl sites for hydroxylation is 3. The van der Waals surface area contributed by atoms with Gasteiger partial charge in [-0.25, -0.2) is 0 Å². The highest BCUT2D eigenvalue weighted by molar-refractivity contribution is 5.71. The zero-order chi connectivity index (χ0) is 22.0. The van der Waals surface area contributed by atoms with Crippen LogP contribution < -0.4 is 5.32 Å². The first-order valence-corrected chi connectivity index (χ1v) is 9.79. The zero-order valence-corrected chi connectivity index (χ0v) is 18.2. The second-order valence-electron chi connectivity index (χ2n) is 7.63. The van der Waals surface area contributed by atoms with Crippen molar-refractivity contribution in [3.8, 4) is 6.07 Å². The van der Waals surface area contributed by atoms with E-state index < -0.39 is 0 Å². The van der Waals surface area contributed by atoms with E-state index in [-0.39, 0.29) is 12.7 Å². The molecule has 0 aliphatic carbocycles. The lowest BCUT2D eigenvalue weighted by molar-refractivity contribution is 0.0183. The van der Waals surface area contributed by atoms with Gasteiger partial charge in [-0.05, 0) is 63.4 Å². The van der Waals surface area contributed by atoms with Crippen LogP contribution in [-0.4, -0.2) is 11.8 Å². The summed E-state index contributed by atoms with van der Waals surface area (Å²) in [4.78, 5) is 4.61. The molecule has 1 aliphatic rings. The number of nitriles is 1. The molecule has 5 nitrogen and oxygen atoms in total. The van der Waals surface area contributed by atoms with Crippen LogP contribution in [0.15, 0.2) is 60.3 Å². The number of pyridine rings is 1. The number of aromatic nitrogens is 1. The molecule has 1 unspecified atom stereocenters. The van der Waals surface area contributed by atoms with Crippen LogP contribution >= 0.6 is 0 Å². The number of hydrogen-bond donors (Lipinski definition) is 1. The molecule has 154 valence electrons. The number of nitrogens with zero attached hydrogens (tertiary/aromatic N) is 2. The van der Waals surface area contributed by atoms with Gasteiger partial charge in [-0.3, -0.25) is 4.98 Å². The summed E-state index contributed by atoms with van der Waals surface area (Å²) in [5, 5.41) is 12.8. The summed E-state index contributed by atoms with van der Waals surface area (Å²) in [6.07, 6.45) is 1.88. The molecule has 3 rings (SSSR count). The molecule has 0 saturated heterocycles. The summed E-state index contributed by atoms with van der Waals surface area (Å²) in [5.74, 6) is 0.982. The Morgan fingerprint density at radius 1 is 1.17 bits per heavy atom. The minimum atomic E-state index is -0.126. The lowest BCUT2D eigenvalue weighted by Crippen LogP contribution is -2.23. The van der Waals surface area contributed by atoms with Crippen molar-refractivity contribution >= 4 is 5.69 Å². The predicted octanol–water partition coefficient (Wildman–Crippen LogP) is 5.75. The van der Waals surface area contributed by atoms with Crippen molar-refractivity contribution in [1.29, 1.82) is 5.26 Å². The van der Waals surface area contributed by atoms with Gasteiger partial charge in [-0.2, -0.15) is 5.26 Å². The predicted molar refractivity (Wildman–Crippen MR) is 119 cm³/mol. The normalized spacial score (nSPS) is 15.0. The topological polar surface area (TPSA) is 67.2 Å². The fourth-order valence-electron chi connectivity index (χ4n) is 3.89. The van der Waals surface area contributed by atoms with E-state index in [9.17, 15) is 5.26 Å². The molecule has 0 saturated carbocycles. The monoisotopic (exact) mass is 401 g/mol. The van der Waals surface area contributed by atoms with Crippen molar-refractivity contribution in [2.75, 3.05) is 12.1 Å². The van der Waals surface area contributed by atoms with Gasteiger partial charge in [0.05, 0.1) is 17.4 Å². The SMILES string of the molecule is C=C(C)OCOC(=C)C1=C(C)Nc2c(C)cnc(C)c2C1c1ccc(C#N)cc1C. The molecule has 1 N–H and O–H groups in total. The first-order chi connectivity index (χ1) is 14.2. The summed E-state index contributed by atoms with van der Waals surface area (Å²) in [6.45, 7) is 17.8. The molecule has 1 aromatic carbocycles. The molecule has 1 aliphatic heterocycles. The fraction of sp³-hybridized carbons (Fsp3) is 0.280. The highest BCUT2D eigenvalue weighted by Crippen LogP contribution is 2.47. The number of nitrogens with one attached hydrogen (secondary N) is 1. The van der Waals surface area contributed by atoms with Crippen LogP contribution in [0.2, 0.25) is 0 Å². The van der Waals surface area contributed by atoms with Gasteiger partial charge in [0, 0.05) is 40.3 Å². The third-order valence-corrected chi connectivity index (χ3v) is 5.35. The van der Waals surface area contributed by atoms with Crippen LogP contribution in [0.25, 0.3) is 0 Å². The standard InChI is InChI=1S/C25H27N3O2/c1-14(2)29-13-30-19(7)22-18(6)28-25-16(4)12-27-17(5)23(25)24(22)21-9-8-20(11-26)10-15(21)3/h8-10,12,24,28H,1,7,13H2,2-6H3. The first-order valence-electron chi connectivity index (χ1n) is 9.79. The van der Waals surface area contributed by atoms with Crippen LogP contribution in [0.3, 0.4) is 0 Å². The van der Waals surface area contributed by atoms with Crippen LogP contribution in [-0.2, 0) is 9.47 Å². The van der Waals surface area contributed by atoms with Crippen LogP contribution in [0, 0.1) is 32.1 Å². The van der Waals surface area contributed by atoms with E-state index in [2.05, 4.69) is 29.5 Å². The van der Waals surface area contributed by atoms with E-state index in [1.165, 1.54) is 0 Å². The lowest BCUT2D eigenvalue weighted by atomic mass is 9.77. The molecule has 30 heavy (non-hydrogen) atoms. The van der Waals surface area contributed by atoms with E-state index in [0.717, 1.165) is 44.9 Å². The Labute approximate surface area is 178 Å². The zero-order valence-electron chi connectivity index (χ0n) is 18.2. The number of rotatable bonds is 6. The second-order valence-corrected chi connectivity index (χ2v) is 7.63. The molecule has 0 fully saturated rings. The molecule has 0 bridgehead atoms. The van der Waals surface area contributed by atoms with Crippen LogP contribution in [0.4, 0.5) is 5.69 Å². The molecular weight excluding hydrogens is 374 g/mol. The highest BCUT2D eigenvalue weighted by Gasteiger charge is 2.33. The molecular formula is C25H27N3O2. The molecule has 0 radical (unpaired) electrons. The summed E-state index contributed by atoms with van der Waals surface area (Å²) in [6, 6.07) is 7.99. The number of fused-ring (bicyclic) bond motifs is 1. The van der Waals surface area contributed by atoms with E-state index in [1.54, 1.807) is 6.92 Å². The number of ether oxygens (including phenoxy) is 2. The summed E-state index contributed by atoms with van der Waals surface area (Å²) >= 11 is 0. The molecule has 1 aromatic heterocycles. The number of benzene rings is 1. The maximum atomic E-state index is 9.29. The summed E-state index contributed by atoms with van der Waals surface area (Å²) in [5.41, 5.74) is 8.82. The fourth-order valence-corrected chi connectivity index (χ4v) is 3.89. The van der Waals surface area contributed by atoms with Gasteiger partial charge in [0.2, 0.25) is 6.79 Å². The van der Waals surface area contributed by atoms with E-state index in [1.807, 2.05) is 52.1 Å². The van der Waals surface area contributed by atoms with Gasteiger partial charge in [0.1, 0.15) is 5.76 Å². The summed E-state index contributed by atoms with van der Waals surface area (Å²) < 4.78 is 11.2. The van der Waals surface area contributed by atoms with Gasteiger partial charge in [0.25, 0.3) is 0 Å². The minimum Gasteiger partial charge on any atom is -0.463 e. The third-order valence-electron chi connectivity index (χ3n) is 5.35. The molecule has 1 atom stereocenters. The average molecular weight is 402 g/mol. The van der Waals surface area contributed by atoms with Crippen molar-refractivity contribution in [2.24, 2.45) is 0 Å². The van der Waals surface area contributed by atoms with Crippen LogP contribution in [0.5, 0.6) is 0 Å². The Morgan fingerprint density at radius 3 is 2.53 bits per heavy atom. The maximum Gasteiger partial charge on any atom is 0.230 e. The molecule has 2 aromatic rings. The Hall–Kier alpha value is -3.52. The largest absolute Gasteiger partial charge is 0.463 e. The van der Waals surface area contributed by atoms with Crippen molar-refractivity contribution in [1.82, 2.24) is 4.98 Å². The third kappa shape index (κ3) is 3.95. The van der Waals surface area contributed by atoms with Crippen molar-refractivity contribution in [3.63, 3.8) is 0 Å². The van der Waals surface area contributed by atoms with Crippen molar-refractivity contribution in [3.05, 3.63) is 93.9 Å². The van der Waals surface area contributed by atoms with Gasteiger partial charge in [-0.1, -0.05) is 19.2 Å².